The van der Waals surface area contributed by atoms with Gasteiger partial charge in [-0.25, -0.2) is 4.98 Å². The van der Waals surface area contributed by atoms with E-state index in [1.807, 2.05) is 47.2 Å². The Morgan fingerprint density at radius 1 is 1.15 bits per heavy atom. The molecule has 1 amide bonds. The molecule has 0 spiro atoms. The van der Waals surface area contributed by atoms with E-state index in [1.54, 1.807) is 32.5 Å². The van der Waals surface area contributed by atoms with Gasteiger partial charge in [-0.3, -0.25) is 9.36 Å². The Morgan fingerprint density at radius 2 is 2.00 bits per heavy atom. The molecular formula is C19H19N3O3S. The first-order chi connectivity index (χ1) is 12.7. The van der Waals surface area contributed by atoms with Crippen LogP contribution in [-0.2, 0) is 4.79 Å². The van der Waals surface area contributed by atoms with E-state index in [0.717, 1.165) is 16.6 Å². The number of imidazole rings is 1. The van der Waals surface area contributed by atoms with Crippen molar-refractivity contribution in [2.75, 3.05) is 25.3 Å². The first kappa shape index (κ1) is 17.9. The Bertz CT molecular complexity index is 895. The number of ether oxygens (including phenoxy) is 2. The summed E-state index contributed by atoms with van der Waals surface area (Å²) in [6, 6.07) is 15.0. The molecule has 0 aliphatic heterocycles. The van der Waals surface area contributed by atoms with Crippen LogP contribution < -0.4 is 14.8 Å². The van der Waals surface area contributed by atoms with E-state index in [1.165, 1.54) is 11.8 Å². The highest BCUT2D eigenvalue weighted by Gasteiger charge is 2.11. The number of hydrogen-bond donors (Lipinski definition) is 1. The Labute approximate surface area is 156 Å². The van der Waals surface area contributed by atoms with Crippen molar-refractivity contribution in [1.82, 2.24) is 9.55 Å². The van der Waals surface area contributed by atoms with Crippen molar-refractivity contribution >= 4 is 23.4 Å². The molecule has 0 aliphatic rings. The number of hydrogen-bond acceptors (Lipinski definition) is 5. The monoisotopic (exact) mass is 369 g/mol. The Hall–Kier alpha value is -2.93. The summed E-state index contributed by atoms with van der Waals surface area (Å²) in [5, 5.41) is 3.59. The molecule has 0 fully saturated rings. The van der Waals surface area contributed by atoms with Crippen LogP contribution >= 0.6 is 11.8 Å². The van der Waals surface area contributed by atoms with Gasteiger partial charge in [-0.1, -0.05) is 30.0 Å². The van der Waals surface area contributed by atoms with Crippen LogP contribution in [0.2, 0.25) is 0 Å². The predicted octanol–water partition coefficient (Wildman–Crippen LogP) is 3.62. The highest BCUT2D eigenvalue weighted by Crippen LogP contribution is 2.25. The van der Waals surface area contributed by atoms with Crippen molar-refractivity contribution in [2.24, 2.45) is 0 Å². The molecule has 0 unspecified atom stereocenters. The second-order valence-electron chi connectivity index (χ2n) is 5.32. The van der Waals surface area contributed by atoms with Gasteiger partial charge in [0.15, 0.2) is 5.16 Å². The minimum absolute atomic E-state index is 0.125. The van der Waals surface area contributed by atoms with E-state index in [0.29, 0.717) is 11.4 Å². The molecule has 0 bridgehead atoms. The second kappa shape index (κ2) is 8.44. The third-order valence-corrected chi connectivity index (χ3v) is 4.62. The van der Waals surface area contributed by atoms with Gasteiger partial charge >= 0.3 is 0 Å². The lowest BCUT2D eigenvalue weighted by Gasteiger charge is -2.11. The molecule has 1 N–H and O–H groups in total. The topological polar surface area (TPSA) is 65.4 Å². The van der Waals surface area contributed by atoms with Gasteiger partial charge in [0, 0.05) is 18.5 Å². The van der Waals surface area contributed by atoms with Crippen molar-refractivity contribution in [3.05, 3.63) is 60.9 Å². The van der Waals surface area contributed by atoms with Crippen LogP contribution in [-0.4, -0.2) is 35.4 Å². The zero-order valence-electron chi connectivity index (χ0n) is 14.5. The summed E-state index contributed by atoms with van der Waals surface area (Å²) < 4.78 is 12.4. The number of nitrogens with zero attached hydrogens (tertiary/aromatic N) is 2. The zero-order valence-corrected chi connectivity index (χ0v) is 15.3. The maximum atomic E-state index is 12.3. The summed E-state index contributed by atoms with van der Waals surface area (Å²) in [6.45, 7) is 0. The number of carbonyl (C=O) groups is 1. The average Bonchev–Trinajstić information content (AvgIpc) is 3.15. The van der Waals surface area contributed by atoms with E-state index >= 15 is 0 Å². The summed E-state index contributed by atoms with van der Waals surface area (Å²) in [7, 11) is 3.20. The number of thioether (sulfide) groups is 1. The summed E-state index contributed by atoms with van der Waals surface area (Å²) in [6.07, 6.45) is 3.56. The van der Waals surface area contributed by atoms with Gasteiger partial charge in [-0.15, -0.1) is 0 Å². The average molecular weight is 369 g/mol. The Kier molecular flexibility index (Phi) is 5.80. The zero-order chi connectivity index (χ0) is 18.4. The van der Waals surface area contributed by atoms with Crippen LogP contribution in [0.15, 0.2) is 66.1 Å². The van der Waals surface area contributed by atoms with Crippen LogP contribution in [0.4, 0.5) is 5.69 Å². The largest absolute Gasteiger partial charge is 0.497 e. The summed E-state index contributed by atoms with van der Waals surface area (Å²) in [4.78, 5) is 16.6. The molecule has 1 aromatic heterocycles. The van der Waals surface area contributed by atoms with Gasteiger partial charge in [0.2, 0.25) is 5.91 Å². The molecule has 0 saturated carbocycles. The molecule has 6 nitrogen and oxygen atoms in total. The van der Waals surface area contributed by atoms with Crippen molar-refractivity contribution in [3.8, 4) is 17.2 Å². The molecule has 0 saturated heterocycles. The standard InChI is InChI=1S/C19H19N3O3S/c1-24-15-7-5-6-14(12-15)22-11-10-20-19(22)26-13-18(23)21-16-8-3-4-9-17(16)25-2/h3-12H,13H2,1-2H3,(H,21,23). The normalized spacial score (nSPS) is 10.4. The molecule has 134 valence electrons. The number of amides is 1. The Balaban J connectivity index is 1.67. The van der Waals surface area contributed by atoms with Crippen LogP contribution in [0.25, 0.3) is 5.69 Å². The predicted molar refractivity (Wildman–Crippen MR) is 102 cm³/mol. The highest BCUT2D eigenvalue weighted by atomic mass is 32.2. The number of methoxy groups -OCH3 is 2. The maximum Gasteiger partial charge on any atom is 0.234 e. The fraction of sp³-hybridized carbons (Fsp3) is 0.158. The molecule has 26 heavy (non-hydrogen) atoms. The first-order valence-electron chi connectivity index (χ1n) is 7.94. The molecule has 0 aliphatic carbocycles. The van der Waals surface area contributed by atoms with Gasteiger partial charge in [-0.2, -0.15) is 0 Å². The lowest BCUT2D eigenvalue weighted by atomic mass is 10.3. The van der Waals surface area contributed by atoms with E-state index < -0.39 is 0 Å². The van der Waals surface area contributed by atoms with Crippen LogP contribution in [0, 0.1) is 0 Å². The molecule has 3 rings (SSSR count). The molecule has 0 atom stereocenters. The second-order valence-corrected chi connectivity index (χ2v) is 6.26. The van der Waals surface area contributed by atoms with E-state index in [-0.39, 0.29) is 11.7 Å². The fourth-order valence-corrected chi connectivity index (χ4v) is 3.19. The first-order valence-corrected chi connectivity index (χ1v) is 8.93. The van der Waals surface area contributed by atoms with E-state index in [2.05, 4.69) is 10.3 Å². The SMILES string of the molecule is COc1cccc(-n2ccnc2SCC(=O)Nc2ccccc2OC)c1. The molecule has 7 heteroatoms. The maximum absolute atomic E-state index is 12.3. The van der Waals surface area contributed by atoms with Crippen LogP contribution in [0.5, 0.6) is 11.5 Å². The summed E-state index contributed by atoms with van der Waals surface area (Å²) in [5.41, 5.74) is 1.58. The van der Waals surface area contributed by atoms with E-state index in [9.17, 15) is 4.79 Å². The van der Waals surface area contributed by atoms with Crippen LogP contribution in [0.1, 0.15) is 0 Å². The lowest BCUT2D eigenvalue weighted by Crippen LogP contribution is -2.15. The fourth-order valence-electron chi connectivity index (χ4n) is 2.42. The van der Waals surface area contributed by atoms with Crippen molar-refractivity contribution < 1.29 is 14.3 Å². The third kappa shape index (κ3) is 4.18. The number of aromatic nitrogens is 2. The van der Waals surface area contributed by atoms with Gasteiger partial charge < -0.3 is 14.8 Å². The highest BCUT2D eigenvalue weighted by molar-refractivity contribution is 7.99. The molecule has 0 radical (unpaired) electrons. The summed E-state index contributed by atoms with van der Waals surface area (Å²) in [5.74, 6) is 1.50. The molecule has 2 aromatic carbocycles. The number of anilines is 1. The number of para-hydroxylation sites is 2. The minimum Gasteiger partial charge on any atom is -0.497 e. The minimum atomic E-state index is -0.125. The van der Waals surface area contributed by atoms with Gasteiger partial charge in [0.1, 0.15) is 11.5 Å². The number of nitrogens with one attached hydrogen (secondary N) is 1. The summed E-state index contributed by atoms with van der Waals surface area (Å²) >= 11 is 1.36. The molecule has 3 aromatic rings. The van der Waals surface area contributed by atoms with Gasteiger partial charge in [0.25, 0.3) is 0 Å². The van der Waals surface area contributed by atoms with Gasteiger partial charge in [-0.05, 0) is 24.3 Å². The Morgan fingerprint density at radius 3 is 2.81 bits per heavy atom. The lowest BCUT2D eigenvalue weighted by molar-refractivity contribution is -0.113. The molecular weight excluding hydrogens is 350 g/mol. The van der Waals surface area contributed by atoms with Gasteiger partial charge in [0.05, 0.1) is 31.3 Å². The quantitative estimate of drug-likeness (QED) is 0.645. The van der Waals surface area contributed by atoms with Crippen molar-refractivity contribution in [1.29, 1.82) is 0 Å². The number of benzene rings is 2. The number of rotatable bonds is 7. The third-order valence-electron chi connectivity index (χ3n) is 3.65. The van der Waals surface area contributed by atoms with E-state index in [4.69, 9.17) is 9.47 Å². The number of carbonyl (C=O) groups excluding carboxylic acids is 1. The van der Waals surface area contributed by atoms with Crippen LogP contribution in [0.3, 0.4) is 0 Å². The van der Waals surface area contributed by atoms with Crippen molar-refractivity contribution in [3.63, 3.8) is 0 Å². The van der Waals surface area contributed by atoms with Crippen molar-refractivity contribution in [2.45, 2.75) is 5.16 Å². The molecule has 1 heterocycles. The smallest absolute Gasteiger partial charge is 0.234 e.